The molecule has 3 nitrogen and oxygen atoms in total. The summed E-state index contributed by atoms with van der Waals surface area (Å²) in [5, 5.41) is 1.23. The van der Waals surface area contributed by atoms with E-state index in [1.165, 1.54) is 19.3 Å². The molecule has 2 aromatic rings. The molecule has 0 saturated heterocycles. The number of nitrogens with one attached hydrogen (secondary N) is 1. The topological polar surface area (TPSA) is 45.8 Å². The zero-order chi connectivity index (χ0) is 12.5. The molecule has 0 bridgehead atoms. The van der Waals surface area contributed by atoms with E-state index >= 15 is 0 Å². The molecule has 4 heteroatoms. The third-order valence-electron chi connectivity index (χ3n) is 3.68. The number of hydrogen-bond acceptors (Lipinski definition) is 2. The standard InChI is InChI=1S/C14H15ClN2O/c15-10-6-7-11-12(8-10)16-13(17-14(11)18)9-4-2-1-3-5-9/h6-9H,1-5H2,(H,16,17,18). The molecule has 1 saturated carbocycles. The van der Waals surface area contributed by atoms with E-state index < -0.39 is 0 Å². The Labute approximate surface area is 110 Å². The number of rotatable bonds is 1. The van der Waals surface area contributed by atoms with Crippen molar-refractivity contribution >= 4 is 22.5 Å². The summed E-state index contributed by atoms with van der Waals surface area (Å²) in [6.45, 7) is 0. The fraction of sp³-hybridized carbons (Fsp3) is 0.429. The number of H-pyrrole nitrogens is 1. The fourth-order valence-corrected chi connectivity index (χ4v) is 2.87. The van der Waals surface area contributed by atoms with Crippen molar-refractivity contribution in [3.05, 3.63) is 39.4 Å². The molecule has 1 fully saturated rings. The second-order valence-electron chi connectivity index (χ2n) is 4.95. The summed E-state index contributed by atoms with van der Waals surface area (Å²) in [6.07, 6.45) is 5.98. The Kier molecular flexibility index (Phi) is 3.08. The van der Waals surface area contributed by atoms with Gasteiger partial charge >= 0.3 is 0 Å². The third-order valence-corrected chi connectivity index (χ3v) is 3.91. The average Bonchev–Trinajstić information content (AvgIpc) is 2.39. The average molecular weight is 263 g/mol. The molecule has 0 unspecified atom stereocenters. The third kappa shape index (κ3) is 2.15. The van der Waals surface area contributed by atoms with Crippen molar-refractivity contribution in [3.8, 4) is 0 Å². The molecule has 94 valence electrons. The van der Waals surface area contributed by atoms with Crippen molar-refractivity contribution in [2.24, 2.45) is 0 Å². The summed E-state index contributed by atoms with van der Waals surface area (Å²) in [5.41, 5.74) is 0.643. The summed E-state index contributed by atoms with van der Waals surface area (Å²) in [6, 6.07) is 5.22. The lowest BCUT2D eigenvalue weighted by atomic mass is 9.88. The van der Waals surface area contributed by atoms with Crippen molar-refractivity contribution in [3.63, 3.8) is 0 Å². The minimum atomic E-state index is -0.0581. The normalized spacial score (nSPS) is 17.2. The molecule has 1 heterocycles. The first-order valence-corrected chi connectivity index (χ1v) is 6.81. The quantitative estimate of drug-likeness (QED) is 0.853. The van der Waals surface area contributed by atoms with Crippen LogP contribution in [0, 0.1) is 0 Å². The molecule has 1 N–H and O–H groups in total. The molecular formula is C14H15ClN2O. The van der Waals surface area contributed by atoms with E-state index in [2.05, 4.69) is 9.97 Å². The molecule has 0 aliphatic heterocycles. The van der Waals surface area contributed by atoms with E-state index in [1.54, 1.807) is 18.2 Å². The monoisotopic (exact) mass is 262 g/mol. The van der Waals surface area contributed by atoms with Gasteiger partial charge in [0.15, 0.2) is 0 Å². The SMILES string of the molecule is O=c1[nH]c(C2CCCCC2)nc2cc(Cl)ccc12. The molecular weight excluding hydrogens is 248 g/mol. The van der Waals surface area contributed by atoms with Crippen LogP contribution in [-0.4, -0.2) is 9.97 Å². The number of aromatic amines is 1. The van der Waals surface area contributed by atoms with E-state index in [0.29, 0.717) is 21.8 Å². The molecule has 0 spiro atoms. The summed E-state index contributed by atoms with van der Waals surface area (Å²) < 4.78 is 0. The van der Waals surface area contributed by atoms with Crippen LogP contribution in [0.4, 0.5) is 0 Å². The van der Waals surface area contributed by atoms with Gasteiger partial charge in [0.25, 0.3) is 5.56 Å². The zero-order valence-corrected chi connectivity index (χ0v) is 10.8. The van der Waals surface area contributed by atoms with Gasteiger partial charge in [0, 0.05) is 10.9 Å². The lowest BCUT2D eigenvalue weighted by Crippen LogP contribution is -2.16. The van der Waals surface area contributed by atoms with Gasteiger partial charge in [-0.25, -0.2) is 4.98 Å². The molecule has 3 rings (SSSR count). The number of nitrogens with zero attached hydrogens (tertiary/aromatic N) is 1. The second kappa shape index (κ2) is 4.73. The Morgan fingerprint density at radius 1 is 1.22 bits per heavy atom. The lowest BCUT2D eigenvalue weighted by Gasteiger charge is -2.20. The summed E-state index contributed by atoms with van der Waals surface area (Å²) in [7, 11) is 0. The maximum Gasteiger partial charge on any atom is 0.258 e. The predicted octanol–water partition coefficient (Wildman–Crippen LogP) is 3.62. The Morgan fingerprint density at radius 3 is 2.78 bits per heavy atom. The van der Waals surface area contributed by atoms with E-state index in [9.17, 15) is 4.79 Å². The molecule has 18 heavy (non-hydrogen) atoms. The van der Waals surface area contributed by atoms with Crippen LogP contribution in [0.25, 0.3) is 10.9 Å². The Hall–Kier alpha value is -1.35. The second-order valence-corrected chi connectivity index (χ2v) is 5.38. The van der Waals surface area contributed by atoms with Crippen LogP contribution in [-0.2, 0) is 0 Å². The van der Waals surface area contributed by atoms with Crippen LogP contribution < -0.4 is 5.56 Å². The van der Waals surface area contributed by atoms with Crippen molar-refractivity contribution in [2.45, 2.75) is 38.0 Å². The first-order chi connectivity index (χ1) is 8.74. The van der Waals surface area contributed by atoms with Gasteiger partial charge in [0.1, 0.15) is 5.82 Å². The highest BCUT2D eigenvalue weighted by molar-refractivity contribution is 6.31. The highest BCUT2D eigenvalue weighted by Gasteiger charge is 2.18. The van der Waals surface area contributed by atoms with E-state index in [0.717, 1.165) is 18.7 Å². The zero-order valence-electron chi connectivity index (χ0n) is 10.1. The first kappa shape index (κ1) is 11.7. The van der Waals surface area contributed by atoms with Crippen LogP contribution in [0.3, 0.4) is 0 Å². The maximum absolute atomic E-state index is 12.0. The number of halogens is 1. The Bertz CT molecular complexity index is 629. The van der Waals surface area contributed by atoms with Gasteiger partial charge in [-0.15, -0.1) is 0 Å². The Morgan fingerprint density at radius 2 is 2.00 bits per heavy atom. The summed E-state index contributed by atoms with van der Waals surface area (Å²) >= 11 is 5.96. The number of fused-ring (bicyclic) bond motifs is 1. The summed E-state index contributed by atoms with van der Waals surface area (Å²) in [4.78, 5) is 19.5. The van der Waals surface area contributed by atoms with Crippen molar-refractivity contribution < 1.29 is 0 Å². The van der Waals surface area contributed by atoms with Crippen LogP contribution >= 0.6 is 11.6 Å². The van der Waals surface area contributed by atoms with Gasteiger partial charge < -0.3 is 4.98 Å². The van der Waals surface area contributed by atoms with Crippen LogP contribution in [0.1, 0.15) is 43.8 Å². The maximum atomic E-state index is 12.0. The minimum Gasteiger partial charge on any atom is -0.310 e. The van der Waals surface area contributed by atoms with E-state index in [-0.39, 0.29) is 5.56 Å². The van der Waals surface area contributed by atoms with Crippen molar-refractivity contribution in [1.29, 1.82) is 0 Å². The highest BCUT2D eigenvalue weighted by atomic mass is 35.5. The summed E-state index contributed by atoms with van der Waals surface area (Å²) in [5.74, 6) is 1.23. The predicted molar refractivity (Wildman–Crippen MR) is 73.2 cm³/mol. The molecule has 1 aromatic heterocycles. The van der Waals surface area contributed by atoms with Gasteiger partial charge in [-0.05, 0) is 31.0 Å². The number of aromatic nitrogens is 2. The van der Waals surface area contributed by atoms with Crippen LogP contribution in [0.5, 0.6) is 0 Å². The van der Waals surface area contributed by atoms with Gasteiger partial charge in [-0.1, -0.05) is 30.9 Å². The smallest absolute Gasteiger partial charge is 0.258 e. The molecule has 1 aliphatic rings. The van der Waals surface area contributed by atoms with E-state index in [1.807, 2.05) is 0 Å². The van der Waals surface area contributed by atoms with Gasteiger partial charge in [0.05, 0.1) is 10.9 Å². The molecule has 1 aromatic carbocycles. The van der Waals surface area contributed by atoms with Crippen molar-refractivity contribution in [1.82, 2.24) is 9.97 Å². The van der Waals surface area contributed by atoms with Gasteiger partial charge in [-0.2, -0.15) is 0 Å². The molecule has 0 atom stereocenters. The molecule has 0 amide bonds. The highest BCUT2D eigenvalue weighted by Crippen LogP contribution is 2.30. The van der Waals surface area contributed by atoms with Crippen molar-refractivity contribution in [2.75, 3.05) is 0 Å². The van der Waals surface area contributed by atoms with E-state index in [4.69, 9.17) is 11.6 Å². The fourth-order valence-electron chi connectivity index (χ4n) is 2.70. The Balaban J connectivity index is 2.10. The van der Waals surface area contributed by atoms with Gasteiger partial charge in [0.2, 0.25) is 0 Å². The number of hydrogen-bond donors (Lipinski definition) is 1. The lowest BCUT2D eigenvalue weighted by molar-refractivity contribution is 0.429. The van der Waals surface area contributed by atoms with Gasteiger partial charge in [-0.3, -0.25) is 4.79 Å². The molecule has 0 radical (unpaired) electrons. The minimum absolute atomic E-state index is 0.0581. The molecule has 1 aliphatic carbocycles. The van der Waals surface area contributed by atoms with Crippen LogP contribution in [0.2, 0.25) is 5.02 Å². The largest absolute Gasteiger partial charge is 0.310 e. The van der Waals surface area contributed by atoms with Crippen LogP contribution in [0.15, 0.2) is 23.0 Å². The first-order valence-electron chi connectivity index (χ1n) is 6.43. The number of benzene rings is 1.